The van der Waals surface area contributed by atoms with Crippen LogP contribution in [0.4, 0.5) is 24.5 Å². The Hall–Kier alpha value is -3.23. The number of carbonyl (C=O) groups is 1. The lowest BCUT2D eigenvalue weighted by Crippen LogP contribution is -2.07. The van der Waals surface area contributed by atoms with E-state index in [1.165, 1.54) is 18.2 Å². The SMILES string of the molecule is COC(=O)c1cccc([N+](=O)[O-])c1C=Nc1ccc(C(F)(F)F)cc1. The number of aliphatic imine (C=N–C) groups is 1. The van der Waals surface area contributed by atoms with Gasteiger partial charge in [-0.3, -0.25) is 15.1 Å². The van der Waals surface area contributed by atoms with Crippen molar-refractivity contribution < 1.29 is 27.6 Å². The fraction of sp³-hybridized carbons (Fsp3) is 0.125. The van der Waals surface area contributed by atoms with Gasteiger partial charge < -0.3 is 4.74 Å². The second-order valence-corrected chi connectivity index (χ2v) is 4.79. The number of nitrogens with zero attached hydrogens (tertiary/aromatic N) is 2. The molecular weight excluding hydrogens is 341 g/mol. The lowest BCUT2D eigenvalue weighted by atomic mass is 10.1. The lowest BCUT2D eigenvalue weighted by Gasteiger charge is -2.06. The van der Waals surface area contributed by atoms with Gasteiger partial charge in [0, 0.05) is 12.3 Å². The summed E-state index contributed by atoms with van der Waals surface area (Å²) < 4.78 is 42.2. The molecule has 2 aromatic carbocycles. The van der Waals surface area contributed by atoms with Crippen molar-refractivity contribution in [1.29, 1.82) is 0 Å². The average Bonchev–Trinajstić information content (AvgIpc) is 2.58. The fourth-order valence-electron chi connectivity index (χ4n) is 2.01. The molecule has 0 radical (unpaired) electrons. The predicted molar refractivity (Wildman–Crippen MR) is 83.1 cm³/mol. The minimum absolute atomic E-state index is 0.0765. The summed E-state index contributed by atoms with van der Waals surface area (Å²) in [7, 11) is 1.12. The van der Waals surface area contributed by atoms with E-state index in [-0.39, 0.29) is 22.5 Å². The first-order valence-corrected chi connectivity index (χ1v) is 6.81. The third-order valence-electron chi connectivity index (χ3n) is 3.22. The van der Waals surface area contributed by atoms with Gasteiger partial charge in [-0.1, -0.05) is 6.07 Å². The maximum absolute atomic E-state index is 12.5. The van der Waals surface area contributed by atoms with E-state index in [1.54, 1.807) is 0 Å². The molecule has 0 saturated carbocycles. The van der Waals surface area contributed by atoms with E-state index in [9.17, 15) is 28.1 Å². The Morgan fingerprint density at radius 1 is 1.20 bits per heavy atom. The Morgan fingerprint density at radius 2 is 1.84 bits per heavy atom. The maximum atomic E-state index is 12.5. The Morgan fingerprint density at radius 3 is 2.36 bits per heavy atom. The molecule has 0 heterocycles. The molecule has 130 valence electrons. The van der Waals surface area contributed by atoms with Crippen LogP contribution in [0.15, 0.2) is 47.5 Å². The van der Waals surface area contributed by atoms with Crippen molar-refractivity contribution in [3.05, 3.63) is 69.3 Å². The number of alkyl halides is 3. The van der Waals surface area contributed by atoms with Gasteiger partial charge in [0.05, 0.1) is 34.4 Å². The number of ether oxygens (including phenoxy) is 1. The van der Waals surface area contributed by atoms with Crippen molar-refractivity contribution in [2.24, 2.45) is 4.99 Å². The number of benzene rings is 2. The molecule has 0 saturated heterocycles. The quantitative estimate of drug-likeness (QED) is 0.358. The van der Waals surface area contributed by atoms with E-state index >= 15 is 0 Å². The molecule has 6 nitrogen and oxygen atoms in total. The van der Waals surface area contributed by atoms with Crippen LogP contribution in [0.1, 0.15) is 21.5 Å². The molecule has 0 atom stereocenters. The van der Waals surface area contributed by atoms with Crippen LogP contribution in [0.5, 0.6) is 0 Å². The highest BCUT2D eigenvalue weighted by molar-refractivity contribution is 6.02. The van der Waals surface area contributed by atoms with Crippen LogP contribution in [0.25, 0.3) is 0 Å². The summed E-state index contributed by atoms with van der Waals surface area (Å²) in [5, 5.41) is 11.1. The first-order valence-electron chi connectivity index (χ1n) is 6.81. The number of halogens is 3. The second kappa shape index (κ2) is 7.12. The lowest BCUT2D eigenvalue weighted by molar-refractivity contribution is -0.385. The van der Waals surface area contributed by atoms with Crippen molar-refractivity contribution in [1.82, 2.24) is 0 Å². The molecule has 0 aliphatic rings. The third kappa shape index (κ3) is 4.19. The van der Waals surface area contributed by atoms with Crippen LogP contribution in [0.3, 0.4) is 0 Å². The number of rotatable bonds is 4. The first-order chi connectivity index (χ1) is 11.7. The number of hydrogen-bond acceptors (Lipinski definition) is 5. The molecule has 0 aliphatic carbocycles. The van der Waals surface area contributed by atoms with Crippen molar-refractivity contribution in [3.8, 4) is 0 Å². The van der Waals surface area contributed by atoms with Gasteiger partial charge in [0.15, 0.2) is 0 Å². The first kappa shape index (κ1) is 18.1. The summed E-state index contributed by atoms with van der Waals surface area (Å²) in [5.41, 5.74) is -1.25. The van der Waals surface area contributed by atoms with Crippen LogP contribution in [0.2, 0.25) is 0 Å². The molecule has 9 heteroatoms. The van der Waals surface area contributed by atoms with Gasteiger partial charge in [-0.2, -0.15) is 13.2 Å². The predicted octanol–water partition coefficient (Wildman–Crippen LogP) is 4.15. The zero-order chi connectivity index (χ0) is 18.6. The van der Waals surface area contributed by atoms with Crippen molar-refractivity contribution in [3.63, 3.8) is 0 Å². The molecular formula is C16H11F3N2O4. The highest BCUT2D eigenvalue weighted by Crippen LogP contribution is 2.30. The fourth-order valence-corrected chi connectivity index (χ4v) is 2.01. The second-order valence-electron chi connectivity index (χ2n) is 4.79. The summed E-state index contributed by atoms with van der Waals surface area (Å²) in [6, 6.07) is 7.74. The molecule has 2 rings (SSSR count). The summed E-state index contributed by atoms with van der Waals surface area (Å²) in [6.07, 6.45) is -3.43. The minimum Gasteiger partial charge on any atom is -0.465 e. The van der Waals surface area contributed by atoms with Crippen LogP contribution in [-0.4, -0.2) is 24.2 Å². The van der Waals surface area contributed by atoms with Gasteiger partial charge in [0.1, 0.15) is 0 Å². The highest BCUT2D eigenvalue weighted by Gasteiger charge is 2.29. The van der Waals surface area contributed by atoms with Gasteiger partial charge in [0.2, 0.25) is 0 Å². The van der Waals surface area contributed by atoms with Gasteiger partial charge in [-0.15, -0.1) is 0 Å². The molecule has 0 bridgehead atoms. The maximum Gasteiger partial charge on any atom is 0.416 e. The van der Waals surface area contributed by atoms with Crippen molar-refractivity contribution in [2.75, 3.05) is 7.11 Å². The number of carbonyl (C=O) groups excluding carboxylic acids is 1. The van der Waals surface area contributed by atoms with E-state index in [0.29, 0.717) is 0 Å². The van der Waals surface area contributed by atoms with E-state index in [2.05, 4.69) is 9.73 Å². The zero-order valence-electron chi connectivity index (χ0n) is 12.8. The van der Waals surface area contributed by atoms with Gasteiger partial charge >= 0.3 is 12.1 Å². The molecule has 25 heavy (non-hydrogen) atoms. The summed E-state index contributed by atoms with van der Waals surface area (Å²) in [4.78, 5) is 26.1. The van der Waals surface area contributed by atoms with Crippen molar-refractivity contribution >= 4 is 23.6 Å². The molecule has 0 aliphatic heterocycles. The number of esters is 1. The number of nitro groups is 1. The van der Waals surface area contributed by atoms with Gasteiger partial charge in [0.25, 0.3) is 5.69 Å². The minimum atomic E-state index is -4.47. The van der Waals surface area contributed by atoms with E-state index in [4.69, 9.17) is 0 Å². The highest BCUT2D eigenvalue weighted by atomic mass is 19.4. The zero-order valence-corrected chi connectivity index (χ0v) is 12.8. The molecule has 0 aromatic heterocycles. The molecule has 0 spiro atoms. The molecule has 0 N–H and O–H groups in total. The van der Waals surface area contributed by atoms with Crippen LogP contribution >= 0.6 is 0 Å². The topological polar surface area (TPSA) is 81.8 Å². The molecule has 2 aromatic rings. The molecule has 0 amide bonds. The van der Waals surface area contributed by atoms with Crippen LogP contribution in [-0.2, 0) is 10.9 Å². The van der Waals surface area contributed by atoms with Gasteiger partial charge in [-0.25, -0.2) is 4.79 Å². The summed E-state index contributed by atoms with van der Waals surface area (Å²) in [5.74, 6) is -0.794. The van der Waals surface area contributed by atoms with E-state index < -0.39 is 22.6 Å². The Labute approximate surface area is 139 Å². The van der Waals surface area contributed by atoms with E-state index in [1.807, 2.05) is 0 Å². The standard InChI is InChI=1S/C16H11F3N2O4/c1-25-15(22)12-3-2-4-14(21(23)24)13(12)9-20-11-7-5-10(6-8-11)16(17,18)19/h2-9H,1H3. The summed E-state index contributed by atoms with van der Waals surface area (Å²) in [6.45, 7) is 0. The molecule has 0 fully saturated rings. The monoisotopic (exact) mass is 352 g/mol. The Bertz CT molecular complexity index is 830. The smallest absolute Gasteiger partial charge is 0.416 e. The van der Waals surface area contributed by atoms with Crippen LogP contribution < -0.4 is 0 Å². The van der Waals surface area contributed by atoms with E-state index in [0.717, 1.165) is 37.6 Å². The van der Waals surface area contributed by atoms with Gasteiger partial charge in [-0.05, 0) is 30.3 Å². The Balaban J connectivity index is 2.43. The number of hydrogen-bond donors (Lipinski definition) is 0. The van der Waals surface area contributed by atoms with Crippen LogP contribution in [0, 0.1) is 10.1 Å². The Kier molecular flexibility index (Phi) is 5.16. The largest absolute Gasteiger partial charge is 0.465 e. The normalized spacial score (nSPS) is 11.5. The van der Waals surface area contributed by atoms with Crippen molar-refractivity contribution in [2.45, 2.75) is 6.18 Å². The number of nitro benzene ring substituents is 1. The molecule has 0 unspecified atom stereocenters. The average molecular weight is 352 g/mol. The number of methoxy groups -OCH3 is 1. The summed E-state index contributed by atoms with van der Waals surface area (Å²) >= 11 is 0. The third-order valence-corrected chi connectivity index (χ3v) is 3.22.